The number of guanidine groups is 1. The van der Waals surface area contributed by atoms with Crippen molar-refractivity contribution in [1.29, 1.82) is 5.26 Å². The molecule has 1 aliphatic heterocycles. The Morgan fingerprint density at radius 3 is 2.63 bits per heavy atom. The predicted molar refractivity (Wildman–Crippen MR) is 110 cm³/mol. The van der Waals surface area contributed by atoms with E-state index in [1.807, 2.05) is 30.3 Å². The van der Waals surface area contributed by atoms with Crippen LogP contribution in [0.2, 0.25) is 0 Å². The van der Waals surface area contributed by atoms with Crippen molar-refractivity contribution >= 4 is 11.9 Å². The average molecular weight is 402 g/mol. The molecule has 3 heterocycles. The molecule has 30 heavy (non-hydrogen) atoms. The lowest BCUT2D eigenvalue weighted by Gasteiger charge is -2.25. The first-order chi connectivity index (χ1) is 14.5. The number of halogens is 1. The maximum absolute atomic E-state index is 13.4. The van der Waals surface area contributed by atoms with E-state index in [4.69, 9.17) is 5.73 Å². The van der Waals surface area contributed by atoms with Crippen molar-refractivity contribution in [3.05, 3.63) is 77.9 Å². The third-order valence-corrected chi connectivity index (χ3v) is 5.27. The Labute approximate surface area is 172 Å². The number of carbonyl (C=O) groups excluding carboxylic acids is 1. The number of rotatable bonds is 5. The van der Waals surface area contributed by atoms with Gasteiger partial charge >= 0.3 is 0 Å². The maximum atomic E-state index is 13.4. The van der Waals surface area contributed by atoms with Gasteiger partial charge in [0.2, 0.25) is 0 Å². The number of nitrogens with two attached hydrogens (primary N) is 1. The lowest BCUT2D eigenvalue weighted by Crippen LogP contribution is -2.41. The van der Waals surface area contributed by atoms with Gasteiger partial charge in [-0.3, -0.25) is 14.7 Å². The van der Waals surface area contributed by atoms with Gasteiger partial charge in [-0.05, 0) is 34.9 Å². The van der Waals surface area contributed by atoms with Gasteiger partial charge in [-0.25, -0.2) is 9.38 Å². The molecule has 150 valence electrons. The van der Waals surface area contributed by atoms with E-state index >= 15 is 0 Å². The number of alkyl halides is 1. The van der Waals surface area contributed by atoms with Crippen molar-refractivity contribution < 1.29 is 9.18 Å². The summed E-state index contributed by atoms with van der Waals surface area (Å²) in [5.74, 6) is -0.270. The molecule has 8 heteroatoms. The Kier molecular flexibility index (Phi) is 4.80. The normalized spacial score (nSPS) is 18.4. The number of carbonyl (C=O) groups is 1. The van der Waals surface area contributed by atoms with Crippen molar-refractivity contribution in [1.82, 2.24) is 14.5 Å². The molecule has 0 bridgehead atoms. The maximum Gasteiger partial charge on any atom is 0.266 e. The number of nitrogens with zero attached hydrogens (tertiary/aromatic N) is 5. The Morgan fingerprint density at radius 1 is 1.20 bits per heavy atom. The molecule has 7 nitrogen and oxygen atoms in total. The van der Waals surface area contributed by atoms with Gasteiger partial charge in [0.1, 0.15) is 18.4 Å². The van der Waals surface area contributed by atoms with Crippen LogP contribution in [0.15, 0.2) is 66.0 Å². The topological polar surface area (TPSA) is 100 Å². The zero-order valence-electron chi connectivity index (χ0n) is 16.3. The minimum Gasteiger partial charge on any atom is -0.369 e. The number of hydrogen-bond donors (Lipinski definition) is 1. The standard InChI is InChI=1S/C22H19FN6O/c1-28-20(30)22(27-21(28)25,18-11-19(12-24)29(14-18)9-7-23)17-6-2-4-15(10-17)16-5-3-8-26-13-16/h2-6,8,10-11,13-14H,7,9H2,1H3,(H2,25,27). The highest BCUT2D eigenvalue weighted by atomic mass is 19.1. The van der Waals surface area contributed by atoms with E-state index in [0.29, 0.717) is 11.1 Å². The quantitative estimate of drug-likeness (QED) is 0.708. The number of aliphatic imine (C=N–C) groups is 1. The molecule has 0 spiro atoms. The molecule has 1 aromatic carbocycles. The number of hydrogen-bond acceptors (Lipinski definition) is 5. The summed E-state index contributed by atoms with van der Waals surface area (Å²) in [7, 11) is 1.55. The van der Waals surface area contributed by atoms with Crippen LogP contribution in [0.1, 0.15) is 16.8 Å². The lowest BCUT2D eigenvalue weighted by molar-refractivity contribution is -0.129. The summed E-state index contributed by atoms with van der Waals surface area (Å²) in [6.07, 6.45) is 5.02. The molecule has 4 rings (SSSR count). The highest BCUT2D eigenvalue weighted by Crippen LogP contribution is 2.41. The smallest absolute Gasteiger partial charge is 0.266 e. The number of benzene rings is 1. The summed E-state index contributed by atoms with van der Waals surface area (Å²) in [4.78, 5) is 23.4. The zero-order chi connectivity index (χ0) is 21.3. The highest BCUT2D eigenvalue weighted by Gasteiger charge is 2.50. The van der Waals surface area contributed by atoms with Gasteiger partial charge in [0.25, 0.3) is 5.91 Å². The number of aromatic nitrogens is 2. The minimum atomic E-state index is -1.45. The second-order valence-electron chi connectivity index (χ2n) is 6.98. The largest absolute Gasteiger partial charge is 0.369 e. The number of aryl methyl sites for hydroxylation is 1. The van der Waals surface area contributed by atoms with Crippen molar-refractivity contribution in [2.45, 2.75) is 12.1 Å². The van der Waals surface area contributed by atoms with Gasteiger partial charge in [-0.2, -0.15) is 5.26 Å². The van der Waals surface area contributed by atoms with Gasteiger partial charge in [0.15, 0.2) is 11.5 Å². The summed E-state index contributed by atoms with van der Waals surface area (Å²) < 4.78 is 14.5. The number of nitriles is 1. The monoisotopic (exact) mass is 402 g/mol. The zero-order valence-corrected chi connectivity index (χ0v) is 16.3. The van der Waals surface area contributed by atoms with Gasteiger partial charge in [0, 0.05) is 31.2 Å². The van der Waals surface area contributed by atoms with Crippen LogP contribution in [0.4, 0.5) is 4.39 Å². The number of pyridine rings is 1. The van der Waals surface area contributed by atoms with Crippen LogP contribution in [0.5, 0.6) is 0 Å². The van der Waals surface area contributed by atoms with E-state index in [9.17, 15) is 14.4 Å². The molecule has 0 fully saturated rings. The van der Waals surface area contributed by atoms with E-state index in [0.717, 1.165) is 11.1 Å². The first-order valence-corrected chi connectivity index (χ1v) is 9.32. The van der Waals surface area contributed by atoms with Crippen molar-refractivity contribution in [3.63, 3.8) is 0 Å². The van der Waals surface area contributed by atoms with Gasteiger partial charge in [-0.1, -0.05) is 24.3 Å². The van der Waals surface area contributed by atoms with Gasteiger partial charge < -0.3 is 10.3 Å². The van der Waals surface area contributed by atoms with Crippen LogP contribution in [-0.4, -0.2) is 40.0 Å². The SMILES string of the molecule is CN1C(=O)C(c2cccc(-c3cccnc3)c2)(c2cc(C#N)n(CCF)c2)N=C1N. The van der Waals surface area contributed by atoms with E-state index in [1.165, 1.54) is 9.47 Å². The average Bonchev–Trinajstić information content (AvgIpc) is 3.29. The predicted octanol–water partition coefficient (Wildman–Crippen LogP) is 2.42. The van der Waals surface area contributed by atoms with Crippen LogP contribution >= 0.6 is 0 Å². The third kappa shape index (κ3) is 2.92. The Bertz CT molecular complexity index is 1180. The van der Waals surface area contributed by atoms with Crippen LogP contribution in [-0.2, 0) is 16.9 Å². The van der Waals surface area contributed by atoms with E-state index < -0.39 is 12.2 Å². The van der Waals surface area contributed by atoms with E-state index in [-0.39, 0.29) is 24.1 Å². The fourth-order valence-corrected chi connectivity index (χ4v) is 3.72. The minimum absolute atomic E-state index is 0.0118. The molecule has 3 aromatic rings. The van der Waals surface area contributed by atoms with Crippen molar-refractivity contribution in [3.8, 4) is 17.2 Å². The van der Waals surface area contributed by atoms with E-state index in [2.05, 4.69) is 16.0 Å². The lowest BCUT2D eigenvalue weighted by atomic mass is 9.83. The molecule has 1 unspecified atom stereocenters. The molecular weight excluding hydrogens is 383 g/mol. The molecule has 2 aromatic heterocycles. The van der Waals surface area contributed by atoms with Gasteiger partial charge in [-0.15, -0.1) is 0 Å². The first kappa shape index (κ1) is 19.3. The summed E-state index contributed by atoms with van der Waals surface area (Å²) >= 11 is 0. The summed E-state index contributed by atoms with van der Waals surface area (Å²) in [6.45, 7) is -0.622. The molecule has 1 aliphatic rings. The van der Waals surface area contributed by atoms with E-state index in [1.54, 1.807) is 37.8 Å². The second-order valence-corrected chi connectivity index (χ2v) is 6.98. The molecule has 0 radical (unpaired) electrons. The number of amides is 1. The third-order valence-electron chi connectivity index (χ3n) is 5.27. The van der Waals surface area contributed by atoms with Crippen molar-refractivity contribution in [2.24, 2.45) is 10.7 Å². The van der Waals surface area contributed by atoms with Crippen LogP contribution in [0, 0.1) is 11.3 Å². The molecule has 1 atom stereocenters. The molecule has 2 N–H and O–H groups in total. The fourth-order valence-electron chi connectivity index (χ4n) is 3.72. The summed E-state index contributed by atoms with van der Waals surface area (Å²) in [6, 6.07) is 14.8. The summed E-state index contributed by atoms with van der Waals surface area (Å²) in [5, 5.41) is 9.46. The highest BCUT2D eigenvalue weighted by molar-refractivity contribution is 6.09. The Balaban J connectivity index is 1.94. The summed E-state index contributed by atoms with van der Waals surface area (Å²) in [5.41, 5.74) is 7.63. The Morgan fingerprint density at radius 2 is 2.00 bits per heavy atom. The Hall–Kier alpha value is -3.99. The van der Waals surface area contributed by atoms with Crippen LogP contribution < -0.4 is 5.73 Å². The first-order valence-electron chi connectivity index (χ1n) is 9.32. The van der Waals surface area contributed by atoms with Crippen LogP contribution in [0.25, 0.3) is 11.1 Å². The molecule has 0 saturated heterocycles. The van der Waals surface area contributed by atoms with Crippen molar-refractivity contribution in [2.75, 3.05) is 13.7 Å². The molecular formula is C22H19FN6O. The fraction of sp³-hybridized carbons (Fsp3) is 0.182. The van der Waals surface area contributed by atoms with Crippen LogP contribution in [0.3, 0.4) is 0 Å². The molecule has 1 amide bonds. The number of likely N-dealkylation sites (N-methyl/N-ethyl adjacent to an activating group) is 1. The second kappa shape index (κ2) is 7.44. The molecule has 0 aliphatic carbocycles. The molecule has 0 saturated carbocycles. The van der Waals surface area contributed by atoms with Gasteiger partial charge in [0.05, 0.1) is 6.54 Å².